The Kier molecular flexibility index (Phi) is 5.94. The van der Waals surface area contributed by atoms with Crippen LogP contribution in [0.1, 0.15) is 25.8 Å². The molecule has 0 saturated heterocycles. The van der Waals surface area contributed by atoms with Crippen LogP contribution in [0.25, 0.3) is 0 Å². The van der Waals surface area contributed by atoms with Crippen LogP contribution in [0.5, 0.6) is 5.75 Å². The first-order valence-electron chi connectivity index (χ1n) is 6.13. The molecule has 16 heavy (non-hydrogen) atoms. The quantitative estimate of drug-likeness (QED) is 0.715. The fraction of sp³-hybridized carbons (Fsp3) is 0.571. The van der Waals surface area contributed by atoms with E-state index in [4.69, 9.17) is 4.74 Å². The molecular weight excluding hydrogens is 198 g/mol. The molecule has 1 unspecified atom stereocenters. The summed E-state index contributed by atoms with van der Waals surface area (Å²) in [5.74, 6) is 1.74. The maximum Gasteiger partial charge on any atom is 0.122 e. The summed E-state index contributed by atoms with van der Waals surface area (Å²) in [6.45, 7) is 9.28. The van der Waals surface area contributed by atoms with Crippen molar-refractivity contribution in [2.45, 2.75) is 27.2 Å². The van der Waals surface area contributed by atoms with Crippen molar-refractivity contribution in [3.05, 3.63) is 29.8 Å². The highest BCUT2D eigenvalue weighted by Crippen LogP contribution is 2.15. The van der Waals surface area contributed by atoms with Crippen LogP contribution in [0.2, 0.25) is 0 Å². The van der Waals surface area contributed by atoms with E-state index >= 15 is 0 Å². The molecule has 0 spiro atoms. The molecule has 0 bridgehead atoms. The molecule has 1 N–H and O–H groups in total. The minimum atomic E-state index is 0.737. The fourth-order valence-corrected chi connectivity index (χ4v) is 1.44. The van der Waals surface area contributed by atoms with E-state index in [9.17, 15) is 0 Å². The summed E-state index contributed by atoms with van der Waals surface area (Å²) in [6.07, 6.45) is 1.23. The van der Waals surface area contributed by atoms with Gasteiger partial charge in [-0.3, -0.25) is 0 Å². The Bertz CT molecular complexity index is 299. The predicted molar refractivity (Wildman–Crippen MR) is 69.0 cm³/mol. The number of ether oxygens (including phenoxy) is 1. The third kappa shape index (κ3) is 4.67. The van der Waals surface area contributed by atoms with Crippen molar-refractivity contribution < 1.29 is 4.74 Å². The molecule has 2 nitrogen and oxygen atoms in total. The largest absolute Gasteiger partial charge is 0.492 e. The third-order valence-corrected chi connectivity index (χ3v) is 2.82. The van der Waals surface area contributed by atoms with Gasteiger partial charge in [-0.1, -0.05) is 38.5 Å². The molecule has 2 heteroatoms. The average Bonchev–Trinajstić information content (AvgIpc) is 2.30. The number of para-hydroxylation sites is 1. The van der Waals surface area contributed by atoms with Gasteiger partial charge in [-0.15, -0.1) is 0 Å². The van der Waals surface area contributed by atoms with Crippen LogP contribution in [0, 0.1) is 12.8 Å². The lowest BCUT2D eigenvalue weighted by molar-refractivity contribution is 0.307. The van der Waals surface area contributed by atoms with E-state index < -0.39 is 0 Å². The molecule has 0 aromatic heterocycles. The lowest BCUT2D eigenvalue weighted by Crippen LogP contribution is -2.25. The summed E-state index contributed by atoms with van der Waals surface area (Å²) in [5, 5.41) is 3.40. The first kappa shape index (κ1) is 13.0. The maximum absolute atomic E-state index is 5.69. The predicted octanol–water partition coefficient (Wildman–Crippen LogP) is 3.01. The van der Waals surface area contributed by atoms with Crippen molar-refractivity contribution in [1.29, 1.82) is 0 Å². The topological polar surface area (TPSA) is 21.3 Å². The van der Waals surface area contributed by atoms with Gasteiger partial charge >= 0.3 is 0 Å². The molecule has 90 valence electrons. The van der Waals surface area contributed by atoms with E-state index in [0.717, 1.165) is 31.4 Å². The van der Waals surface area contributed by atoms with Gasteiger partial charge in [0.25, 0.3) is 0 Å². The third-order valence-electron chi connectivity index (χ3n) is 2.82. The minimum absolute atomic E-state index is 0.737. The van der Waals surface area contributed by atoms with Gasteiger partial charge in [0.15, 0.2) is 0 Å². The maximum atomic E-state index is 5.69. The Morgan fingerprint density at radius 1 is 1.31 bits per heavy atom. The first-order chi connectivity index (χ1) is 7.74. The highest BCUT2D eigenvalue weighted by Gasteiger charge is 1.99. The molecule has 1 rings (SSSR count). The van der Waals surface area contributed by atoms with Gasteiger partial charge in [-0.05, 0) is 31.0 Å². The fourth-order valence-electron chi connectivity index (χ4n) is 1.44. The monoisotopic (exact) mass is 221 g/mol. The summed E-state index contributed by atoms with van der Waals surface area (Å²) >= 11 is 0. The van der Waals surface area contributed by atoms with Crippen molar-refractivity contribution in [1.82, 2.24) is 5.32 Å². The second-order valence-corrected chi connectivity index (χ2v) is 4.33. The first-order valence-corrected chi connectivity index (χ1v) is 6.13. The van der Waals surface area contributed by atoms with E-state index in [1.807, 2.05) is 18.2 Å². The van der Waals surface area contributed by atoms with Gasteiger partial charge in [-0.25, -0.2) is 0 Å². The summed E-state index contributed by atoms with van der Waals surface area (Å²) in [5.41, 5.74) is 1.20. The molecule has 0 fully saturated rings. The Labute approximate surface area is 99.0 Å². The summed E-state index contributed by atoms with van der Waals surface area (Å²) in [4.78, 5) is 0. The van der Waals surface area contributed by atoms with E-state index in [1.54, 1.807) is 0 Å². The van der Waals surface area contributed by atoms with Crippen LogP contribution in [-0.2, 0) is 0 Å². The van der Waals surface area contributed by atoms with E-state index in [-0.39, 0.29) is 0 Å². The molecule has 0 heterocycles. The van der Waals surface area contributed by atoms with Gasteiger partial charge in [0, 0.05) is 6.54 Å². The van der Waals surface area contributed by atoms with E-state index in [1.165, 1.54) is 12.0 Å². The lowest BCUT2D eigenvalue weighted by atomic mass is 10.1. The SMILES string of the molecule is CCC(C)CNCCOc1ccccc1C. The van der Waals surface area contributed by atoms with E-state index in [0.29, 0.717) is 0 Å². The Hall–Kier alpha value is -1.02. The molecule has 0 saturated carbocycles. The highest BCUT2D eigenvalue weighted by atomic mass is 16.5. The molecule has 1 aromatic rings. The number of nitrogens with one attached hydrogen (secondary N) is 1. The van der Waals surface area contributed by atoms with Crippen LogP contribution < -0.4 is 10.1 Å². The molecule has 0 radical (unpaired) electrons. The summed E-state index contributed by atoms with van der Waals surface area (Å²) in [6, 6.07) is 8.13. The minimum Gasteiger partial charge on any atom is -0.492 e. The van der Waals surface area contributed by atoms with Crippen LogP contribution in [0.4, 0.5) is 0 Å². The van der Waals surface area contributed by atoms with Gasteiger partial charge in [0.2, 0.25) is 0 Å². The smallest absolute Gasteiger partial charge is 0.122 e. The Morgan fingerprint density at radius 3 is 2.75 bits per heavy atom. The zero-order valence-electron chi connectivity index (χ0n) is 10.6. The van der Waals surface area contributed by atoms with Crippen molar-refractivity contribution in [3.8, 4) is 5.75 Å². The standard InChI is InChI=1S/C14H23NO/c1-4-12(2)11-15-9-10-16-14-8-6-5-7-13(14)3/h5-8,12,15H,4,9-11H2,1-3H3. The van der Waals surface area contributed by atoms with Crippen molar-refractivity contribution in [2.24, 2.45) is 5.92 Å². The van der Waals surface area contributed by atoms with Gasteiger partial charge in [0.05, 0.1) is 0 Å². The van der Waals surface area contributed by atoms with Crippen LogP contribution >= 0.6 is 0 Å². The second kappa shape index (κ2) is 7.29. The van der Waals surface area contributed by atoms with Gasteiger partial charge in [0.1, 0.15) is 12.4 Å². The summed E-state index contributed by atoms with van der Waals surface area (Å²) in [7, 11) is 0. The van der Waals surface area contributed by atoms with Gasteiger partial charge in [-0.2, -0.15) is 0 Å². The van der Waals surface area contributed by atoms with E-state index in [2.05, 4.69) is 32.2 Å². The number of hydrogen-bond acceptors (Lipinski definition) is 2. The normalized spacial score (nSPS) is 12.4. The molecular formula is C14H23NO. The van der Waals surface area contributed by atoms with Gasteiger partial charge < -0.3 is 10.1 Å². The van der Waals surface area contributed by atoms with Crippen molar-refractivity contribution in [2.75, 3.05) is 19.7 Å². The zero-order valence-corrected chi connectivity index (χ0v) is 10.6. The summed E-state index contributed by atoms with van der Waals surface area (Å²) < 4.78 is 5.69. The Morgan fingerprint density at radius 2 is 2.06 bits per heavy atom. The number of benzene rings is 1. The molecule has 0 aliphatic rings. The average molecular weight is 221 g/mol. The van der Waals surface area contributed by atoms with Crippen molar-refractivity contribution in [3.63, 3.8) is 0 Å². The molecule has 1 atom stereocenters. The lowest BCUT2D eigenvalue weighted by Gasteiger charge is -2.11. The number of rotatable bonds is 7. The molecule has 0 amide bonds. The Balaban J connectivity index is 2.14. The second-order valence-electron chi connectivity index (χ2n) is 4.33. The molecule has 0 aliphatic heterocycles. The number of hydrogen-bond donors (Lipinski definition) is 1. The highest BCUT2D eigenvalue weighted by molar-refractivity contribution is 5.31. The van der Waals surface area contributed by atoms with Crippen molar-refractivity contribution >= 4 is 0 Å². The van der Waals surface area contributed by atoms with Crippen LogP contribution in [-0.4, -0.2) is 19.7 Å². The molecule has 0 aliphatic carbocycles. The van der Waals surface area contributed by atoms with Crippen LogP contribution in [0.15, 0.2) is 24.3 Å². The zero-order chi connectivity index (χ0) is 11.8. The molecule has 1 aromatic carbocycles. The van der Waals surface area contributed by atoms with Crippen LogP contribution in [0.3, 0.4) is 0 Å². The number of aryl methyl sites for hydroxylation is 1.